The van der Waals surface area contributed by atoms with Crippen LogP contribution in [-0.2, 0) is 11.3 Å². The summed E-state index contributed by atoms with van der Waals surface area (Å²) in [7, 11) is 0. The predicted octanol–water partition coefficient (Wildman–Crippen LogP) is 2.96. The van der Waals surface area contributed by atoms with Gasteiger partial charge in [0.2, 0.25) is 5.91 Å². The third-order valence-corrected chi connectivity index (χ3v) is 3.88. The number of aromatic nitrogens is 4. The molecule has 0 saturated heterocycles. The fourth-order valence-electron chi connectivity index (χ4n) is 2.73. The SMILES string of the molecule is CC(C)[C@H](C(=O)Nc1ccc(Cn2cncn2)cc1)n1cccc1. The van der Waals surface area contributed by atoms with Crippen molar-refractivity contribution in [3.8, 4) is 0 Å². The van der Waals surface area contributed by atoms with E-state index in [0.29, 0.717) is 6.54 Å². The van der Waals surface area contributed by atoms with Crippen LogP contribution in [0.25, 0.3) is 0 Å². The van der Waals surface area contributed by atoms with E-state index >= 15 is 0 Å². The van der Waals surface area contributed by atoms with Crippen molar-refractivity contribution in [3.63, 3.8) is 0 Å². The van der Waals surface area contributed by atoms with E-state index in [-0.39, 0.29) is 17.9 Å². The molecule has 0 radical (unpaired) electrons. The Morgan fingerprint density at radius 2 is 1.88 bits per heavy atom. The second-order valence-electron chi connectivity index (χ2n) is 6.10. The number of anilines is 1. The largest absolute Gasteiger partial charge is 0.342 e. The summed E-state index contributed by atoms with van der Waals surface area (Å²) in [4.78, 5) is 16.6. The van der Waals surface area contributed by atoms with E-state index in [4.69, 9.17) is 0 Å². The molecule has 0 aliphatic carbocycles. The quantitative estimate of drug-likeness (QED) is 0.758. The summed E-state index contributed by atoms with van der Waals surface area (Å²) in [5, 5.41) is 7.09. The molecule has 3 aromatic rings. The van der Waals surface area contributed by atoms with E-state index in [1.807, 2.05) is 67.2 Å². The van der Waals surface area contributed by atoms with Gasteiger partial charge in [-0.25, -0.2) is 9.67 Å². The van der Waals surface area contributed by atoms with Crippen LogP contribution >= 0.6 is 0 Å². The van der Waals surface area contributed by atoms with Crippen molar-refractivity contribution >= 4 is 11.6 Å². The van der Waals surface area contributed by atoms with Crippen molar-refractivity contribution in [2.24, 2.45) is 5.92 Å². The molecule has 1 amide bonds. The minimum atomic E-state index is -0.227. The summed E-state index contributed by atoms with van der Waals surface area (Å²) in [5.74, 6) is 0.189. The first kappa shape index (κ1) is 16.0. The van der Waals surface area contributed by atoms with Crippen LogP contribution in [0.1, 0.15) is 25.5 Å². The van der Waals surface area contributed by atoms with E-state index in [2.05, 4.69) is 15.4 Å². The Bertz CT molecular complexity index is 760. The van der Waals surface area contributed by atoms with Gasteiger partial charge in [-0.2, -0.15) is 5.10 Å². The Kier molecular flexibility index (Phi) is 4.74. The summed E-state index contributed by atoms with van der Waals surface area (Å²) >= 11 is 0. The minimum Gasteiger partial charge on any atom is -0.342 e. The van der Waals surface area contributed by atoms with E-state index < -0.39 is 0 Å². The second kappa shape index (κ2) is 7.12. The third kappa shape index (κ3) is 3.71. The molecule has 0 aliphatic heterocycles. The molecule has 6 nitrogen and oxygen atoms in total. The molecule has 0 aliphatic rings. The third-order valence-electron chi connectivity index (χ3n) is 3.88. The molecular formula is C18H21N5O. The van der Waals surface area contributed by atoms with Crippen LogP contribution < -0.4 is 5.32 Å². The number of hydrogen-bond acceptors (Lipinski definition) is 3. The smallest absolute Gasteiger partial charge is 0.247 e. The van der Waals surface area contributed by atoms with E-state index in [0.717, 1.165) is 11.3 Å². The lowest BCUT2D eigenvalue weighted by molar-refractivity contribution is -0.120. The fraction of sp³-hybridized carbons (Fsp3) is 0.278. The first-order chi connectivity index (χ1) is 11.6. The molecule has 24 heavy (non-hydrogen) atoms. The zero-order valence-electron chi connectivity index (χ0n) is 13.8. The van der Waals surface area contributed by atoms with Crippen LogP contribution in [0.5, 0.6) is 0 Å². The van der Waals surface area contributed by atoms with Gasteiger partial charge < -0.3 is 9.88 Å². The minimum absolute atomic E-state index is 0.00905. The molecule has 1 N–H and O–H groups in total. The van der Waals surface area contributed by atoms with Gasteiger partial charge in [-0.3, -0.25) is 4.79 Å². The van der Waals surface area contributed by atoms with Crippen LogP contribution in [0.3, 0.4) is 0 Å². The standard InChI is InChI=1S/C18H21N5O/c1-14(2)17(22-9-3-4-10-22)18(24)21-16-7-5-15(6-8-16)11-23-13-19-12-20-23/h3-10,12-14,17H,11H2,1-2H3,(H,21,24)/t17-/m1/s1. The summed E-state index contributed by atoms with van der Waals surface area (Å²) in [6, 6.07) is 11.4. The van der Waals surface area contributed by atoms with Gasteiger partial charge in [-0.1, -0.05) is 26.0 Å². The Hall–Kier alpha value is -2.89. The van der Waals surface area contributed by atoms with Crippen molar-refractivity contribution in [3.05, 3.63) is 67.0 Å². The molecule has 0 unspecified atom stereocenters. The van der Waals surface area contributed by atoms with Gasteiger partial charge in [0.15, 0.2) is 0 Å². The van der Waals surface area contributed by atoms with Crippen LogP contribution in [-0.4, -0.2) is 25.2 Å². The zero-order chi connectivity index (χ0) is 16.9. The number of benzene rings is 1. The van der Waals surface area contributed by atoms with Gasteiger partial charge in [0, 0.05) is 18.1 Å². The molecule has 2 aromatic heterocycles. The highest BCUT2D eigenvalue weighted by Crippen LogP contribution is 2.21. The maximum absolute atomic E-state index is 12.6. The van der Waals surface area contributed by atoms with Crippen molar-refractivity contribution in [2.45, 2.75) is 26.4 Å². The number of carbonyl (C=O) groups is 1. The van der Waals surface area contributed by atoms with Gasteiger partial charge in [0.25, 0.3) is 0 Å². The van der Waals surface area contributed by atoms with E-state index in [1.54, 1.807) is 11.0 Å². The Labute approximate surface area is 141 Å². The molecule has 0 bridgehead atoms. The second-order valence-corrected chi connectivity index (χ2v) is 6.10. The maximum Gasteiger partial charge on any atom is 0.247 e. The van der Waals surface area contributed by atoms with Crippen LogP contribution in [0.15, 0.2) is 61.4 Å². The van der Waals surface area contributed by atoms with Crippen LogP contribution in [0, 0.1) is 5.92 Å². The van der Waals surface area contributed by atoms with Gasteiger partial charge in [0.1, 0.15) is 18.7 Å². The highest BCUT2D eigenvalue weighted by Gasteiger charge is 2.23. The maximum atomic E-state index is 12.6. The molecular weight excluding hydrogens is 302 g/mol. The first-order valence-electron chi connectivity index (χ1n) is 7.98. The van der Waals surface area contributed by atoms with Gasteiger partial charge in [-0.15, -0.1) is 0 Å². The number of rotatable bonds is 6. The summed E-state index contributed by atoms with van der Waals surface area (Å²) in [5.41, 5.74) is 1.89. The molecule has 124 valence electrons. The number of nitrogens with one attached hydrogen (secondary N) is 1. The summed E-state index contributed by atoms with van der Waals surface area (Å²) < 4.78 is 3.70. The van der Waals surface area contributed by atoms with Gasteiger partial charge >= 0.3 is 0 Å². The van der Waals surface area contributed by atoms with Crippen LogP contribution in [0.2, 0.25) is 0 Å². The Balaban J connectivity index is 1.67. The molecule has 1 atom stereocenters. The first-order valence-corrected chi connectivity index (χ1v) is 7.98. The average molecular weight is 323 g/mol. The molecule has 2 heterocycles. The van der Waals surface area contributed by atoms with Gasteiger partial charge in [-0.05, 0) is 35.7 Å². The lowest BCUT2D eigenvalue weighted by atomic mass is 10.0. The number of carbonyl (C=O) groups excluding carboxylic acids is 1. The normalized spacial score (nSPS) is 12.3. The highest BCUT2D eigenvalue weighted by molar-refractivity contribution is 5.93. The van der Waals surface area contributed by atoms with Gasteiger partial charge in [0.05, 0.1) is 6.54 Å². The van der Waals surface area contributed by atoms with Crippen molar-refractivity contribution in [1.82, 2.24) is 19.3 Å². The monoisotopic (exact) mass is 323 g/mol. The molecule has 3 rings (SSSR count). The summed E-state index contributed by atoms with van der Waals surface area (Å²) in [6.45, 7) is 4.75. The fourth-order valence-corrected chi connectivity index (χ4v) is 2.73. The lowest BCUT2D eigenvalue weighted by Gasteiger charge is -2.22. The Morgan fingerprint density at radius 1 is 1.17 bits per heavy atom. The molecule has 0 fully saturated rings. The average Bonchev–Trinajstić information content (AvgIpc) is 3.23. The van der Waals surface area contributed by atoms with Crippen molar-refractivity contribution in [2.75, 3.05) is 5.32 Å². The van der Waals surface area contributed by atoms with Crippen molar-refractivity contribution in [1.29, 1.82) is 0 Å². The molecule has 6 heteroatoms. The van der Waals surface area contributed by atoms with Crippen molar-refractivity contribution < 1.29 is 4.79 Å². The number of nitrogens with zero attached hydrogens (tertiary/aromatic N) is 4. The summed E-state index contributed by atoms with van der Waals surface area (Å²) in [6.07, 6.45) is 7.04. The zero-order valence-corrected chi connectivity index (χ0v) is 13.8. The molecule has 1 aromatic carbocycles. The number of amides is 1. The molecule has 0 spiro atoms. The topological polar surface area (TPSA) is 64.7 Å². The Morgan fingerprint density at radius 3 is 2.46 bits per heavy atom. The van der Waals surface area contributed by atoms with E-state index in [1.165, 1.54) is 6.33 Å². The van der Waals surface area contributed by atoms with Crippen LogP contribution in [0.4, 0.5) is 5.69 Å². The molecule has 0 saturated carbocycles. The highest BCUT2D eigenvalue weighted by atomic mass is 16.2. The number of hydrogen-bond donors (Lipinski definition) is 1. The predicted molar refractivity (Wildman–Crippen MR) is 92.5 cm³/mol. The van der Waals surface area contributed by atoms with E-state index in [9.17, 15) is 4.79 Å². The lowest BCUT2D eigenvalue weighted by Crippen LogP contribution is -2.29.